The number of anilines is 1. The molecule has 0 aliphatic carbocycles. The number of urea groups is 1. The monoisotopic (exact) mass is 414 g/mol. The lowest BCUT2D eigenvalue weighted by atomic mass is 9.82. The Morgan fingerprint density at radius 3 is 2.37 bits per heavy atom. The van der Waals surface area contributed by atoms with Crippen molar-refractivity contribution in [1.82, 2.24) is 4.90 Å². The van der Waals surface area contributed by atoms with E-state index in [2.05, 4.69) is 5.32 Å². The minimum absolute atomic E-state index is 0.0877. The Bertz CT molecular complexity index is 1070. The molecule has 2 amide bonds. The van der Waals surface area contributed by atoms with Crippen molar-refractivity contribution >= 4 is 22.5 Å². The molecule has 1 aliphatic rings. The molecule has 1 aliphatic heterocycles. The predicted molar refractivity (Wildman–Crippen MR) is 109 cm³/mol. The number of aliphatic hydroxyl groups is 1. The van der Waals surface area contributed by atoms with E-state index in [4.69, 9.17) is 0 Å². The molecular formula is C23H21F3N2O2. The molecule has 2 N–H and O–H groups in total. The third-order valence-electron chi connectivity index (χ3n) is 5.61. The van der Waals surface area contributed by atoms with Crippen LogP contribution in [0.5, 0.6) is 0 Å². The Hall–Kier alpha value is -3.06. The van der Waals surface area contributed by atoms with Crippen LogP contribution in [0.4, 0.5) is 23.7 Å². The highest BCUT2D eigenvalue weighted by Crippen LogP contribution is 2.37. The molecule has 7 heteroatoms. The van der Waals surface area contributed by atoms with Gasteiger partial charge in [0.05, 0.1) is 11.2 Å². The van der Waals surface area contributed by atoms with Crippen LogP contribution >= 0.6 is 0 Å². The third kappa shape index (κ3) is 3.98. The molecule has 3 aromatic rings. The van der Waals surface area contributed by atoms with Crippen molar-refractivity contribution in [3.63, 3.8) is 0 Å². The van der Waals surface area contributed by atoms with Gasteiger partial charge in [0.2, 0.25) is 0 Å². The summed E-state index contributed by atoms with van der Waals surface area (Å²) >= 11 is 0. The molecule has 1 fully saturated rings. The molecule has 0 aromatic heterocycles. The van der Waals surface area contributed by atoms with E-state index in [0.29, 0.717) is 25.9 Å². The number of carbonyl (C=O) groups excluding carboxylic acids is 1. The highest BCUT2D eigenvalue weighted by atomic mass is 19.4. The maximum absolute atomic E-state index is 12.9. The number of amides is 2. The quantitative estimate of drug-likeness (QED) is 0.592. The number of hydrogen-bond donors (Lipinski definition) is 2. The molecule has 4 nitrogen and oxygen atoms in total. The lowest BCUT2D eigenvalue weighted by molar-refractivity contribution is -0.137. The Labute approximate surface area is 171 Å². The van der Waals surface area contributed by atoms with Gasteiger partial charge >= 0.3 is 12.2 Å². The first-order valence-electron chi connectivity index (χ1n) is 9.70. The zero-order valence-electron chi connectivity index (χ0n) is 16.1. The number of rotatable bonds is 2. The van der Waals surface area contributed by atoms with Crippen molar-refractivity contribution in [2.75, 3.05) is 18.4 Å². The first kappa shape index (κ1) is 20.2. The fourth-order valence-electron chi connectivity index (χ4n) is 3.96. The van der Waals surface area contributed by atoms with Crippen molar-refractivity contribution in [2.45, 2.75) is 24.6 Å². The van der Waals surface area contributed by atoms with E-state index in [1.54, 1.807) is 0 Å². The molecule has 0 atom stereocenters. The van der Waals surface area contributed by atoms with Crippen LogP contribution in [0, 0.1) is 0 Å². The number of halogens is 3. The second-order valence-electron chi connectivity index (χ2n) is 7.55. The molecule has 0 unspecified atom stereocenters. The van der Waals surface area contributed by atoms with Gasteiger partial charge in [-0.05, 0) is 47.4 Å². The molecule has 0 bridgehead atoms. The summed E-state index contributed by atoms with van der Waals surface area (Å²) in [5, 5.41) is 15.8. The summed E-state index contributed by atoms with van der Waals surface area (Å²) < 4.78 is 38.6. The van der Waals surface area contributed by atoms with Gasteiger partial charge in [-0.3, -0.25) is 0 Å². The summed E-state index contributed by atoms with van der Waals surface area (Å²) in [6, 6.07) is 17.7. The van der Waals surface area contributed by atoms with Gasteiger partial charge in [-0.2, -0.15) is 13.2 Å². The Kier molecular flexibility index (Phi) is 5.15. The molecule has 3 aromatic carbocycles. The largest absolute Gasteiger partial charge is 0.416 e. The minimum Gasteiger partial charge on any atom is -0.385 e. The molecule has 0 saturated carbocycles. The van der Waals surface area contributed by atoms with Crippen LogP contribution in [0.2, 0.25) is 0 Å². The van der Waals surface area contributed by atoms with Gasteiger partial charge in [0.15, 0.2) is 0 Å². The van der Waals surface area contributed by atoms with Crippen LogP contribution in [-0.4, -0.2) is 29.1 Å². The fraction of sp³-hybridized carbons (Fsp3) is 0.261. The van der Waals surface area contributed by atoms with Gasteiger partial charge < -0.3 is 15.3 Å². The Morgan fingerprint density at radius 2 is 1.63 bits per heavy atom. The number of benzene rings is 3. The lowest BCUT2D eigenvalue weighted by Gasteiger charge is -2.39. The maximum Gasteiger partial charge on any atom is 0.416 e. The van der Waals surface area contributed by atoms with Crippen molar-refractivity contribution in [1.29, 1.82) is 0 Å². The average molecular weight is 414 g/mol. The third-order valence-corrected chi connectivity index (χ3v) is 5.61. The molecule has 4 rings (SSSR count). The summed E-state index contributed by atoms with van der Waals surface area (Å²) in [5.41, 5.74) is -0.957. The van der Waals surface area contributed by atoms with Crippen molar-refractivity contribution in [2.24, 2.45) is 0 Å². The van der Waals surface area contributed by atoms with E-state index in [1.165, 1.54) is 17.0 Å². The Morgan fingerprint density at radius 1 is 0.967 bits per heavy atom. The van der Waals surface area contributed by atoms with Crippen LogP contribution in [-0.2, 0) is 11.8 Å². The highest BCUT2D eigenvalue weighted by Gasteiger charge is 2.36. The first-order valence-corrected chi connectivity index (χ1v) is 9.70. The highest BCUT2D eigenvalue weighted by molar-refractivity contribution is 5.90. The Balaban J connectivity index is 1.46. The lowest BCUT2D eigenvalue weighted by Crippen LogP contribution is -2.46. The average Bonchev–Trinajstić information content (AvgIpc) is 2.73. The van der Waals surface area contributed by atoms with Crippen LogP contribution in [0.3, 0.4) is 0 Å². The molecule has 0 radical (unpaired) electrons. The van der Waals surface area contributed by atoms with Crippen molar-refractivity contribution in [3.8, 4) is 0 Å². The van der Waals surface area contributed by atoms with E-state index in [0.717, 1.165) is 28.5 Å². The molecular weight excluding hydrogens is 393 g/mol. The zero-order chi connectivity index (χ0) is 21.4. The number of carbonyl (C=O) groups is 1. The number of piperidine rings is 1. The fourth-order valence-corrected chi connectivity index (χ4v) is 3.96. The summed E-state index contributed by atoms with van der Waals surface area (Å²) in [6.07, 6.45) is -3.78. The van der Waals surface area contributed by atoms with Gasteiger partial charge in [-0.25, -0.2) is 4.79 Å². The van der Waals surface area contributed by atoms with Gasteiger partial charge in [0.25, 0.3) is 0 Å². The number of fused-ring (bicyclic) bond motifs is 1. The van der Waals surface area contributed by atoms with Gasteiger partial charge in [0, 0.05) is 18.8 Å². The number of hydrogen-bond acceptors (Lipinski definition) is 2. The molecule has 1 saturated heterocycles. The SMILES string of the molecule is O=C(Nc1cccc(C(F)(F)F)c1)N1CCC(O)(c2cccc3ccccc23)CC1. The predicted octanol–water partition coefficient (Wildman–Crippen LogP) is 5.37. The van der Waals surface area contributed by atoms with Gasteiger partial charge in [-0.15, -0.1) is 0 Å². The summed E-state index contributed by atoms with van der Waals surface area (Å²) in [5.74, 6) is 0. The summed E-state index contributed by atoms with van der Waals surface area (Å²) in [4.78, 5) is 14.1. The summed E-state index contributed by atoms with van der Waals surface area (Å²) in [7, 11) is 0. The number of nitrogens with one attached hydrogen (secondary N) is 1. The van der Waals surface area contributed by atoms with Crippen LogP contribution < -0.4 is 5.32 Å². The summed E-state index contributed by atoms with van der Waals surface area (Å²) in [6.45, 7) is 0.592. The normalized spacial score (nSPS) is 16.5. The number of nitrogens with zero attached hydrogens (tertiary/aromatic N) is 1. The van der Waals surface area contributed by atoms with Crippen molar-refractivity contribution < 1.29 is 23.1 Å². The van der Waals surface area contributed by atoms with Gasteiger partial charge in [0.1, 0.15) is 0 Å². The van der Waals surface area contributed by atoms with Gasteiger partial charge in [-0.1, -0.05) is 48.5 Å². The van der Waals surface area contributed by atoms with Crippen molar-refractivity contribution in [3.05, 3.63) is 77.9 Å². The van der Waals surface area contributed by atoms with E-state index < -0.39 is 23.4 Å². The van der Waals surface area contributed by atoms with E-state index in [1.807, 2.05) is 42.5 Å². The zero-order valence-corrected chi connectivity index (χ0v) is 16.1. The van der Waals surface area contributed by atoms with E-state index in [9.17, 15) is 23.1 Å². The topological polar surface area (TPSA) is 52.6 Å². The number of likely N-dealkylation sites (tertiary alicyclic amines) is 1. The number of alkyl halides is 3. The molecule has 1 heterocycles. The molecule has 0 spiro atoms. The van der Waals surface area contributed by atoms with E-state index >= 15 is 0 Å². The first-order chi connectivity index (χ1) is 14.3. The minimum atomic E-state index is -4.47. The van der Waals surface area contributed by atoms with E-state index in [-0.39, 0.29) is 5.69 Å². The second kappa shape index (κ2) is 7.65. The molecule has 30 heavy (non-hydrogen) atoms. The van der Waals surface area contributed by atoms with Crippen LogP contribution in [0.15, 0.2) is 66.7 Å². The smallest absolute Gasteiger partial charge is 0.385 e. The van der Waals surface area contributed by atoms with Crippen LogP contribution in [0.25, 0.3) is 10.8 Å². The standard InChI is InChI=1S/C23H21F3N2O2/c24-23(25,26)17-7-4-8-18(15-17)27-21(29)28-13-11-22(30,12-14-28)20-10-3-6-16-5-1-2-9-19(16)20/h1-10,15,30H,11-14H2,(H,27,29). The van der Waals surface area contributed by atoms with Crippen LogP contribution in [0.1, 0.15) is 24.0 Å². The molecule has 156 valence electrons. The second-order valence-corrected chi connectivity index (χ2v) is 7.55. The maximum atomic E-state index is 12.9.